The Morgan fingerprint density at radius 2 is 0.914 bits per heavy atom. The highest BCUT2D eigenvalue weighted by atomic mass is 32.2. The summed E-state index contributed by atoms with van der Waals surface area (Å²) in [6, 6.07) is 0. The number of carbonyl (C=O) groups excluding carboxylic acids is 4. The van der Waals surface area contributed by atoms with E-state index in [-0.39, 0.29) is 48.9 Å². The van der Waals surface area contributed by atoms with Crippen LogP contribution in [0.5, 0.6) is 0 Å². The molecule has 0 aliphatic rings. The van der Waals surface area contributed by atoms with E-state index in [1.54, 1.807) is 41.5 Å². The van der Waals surface area contributed by atoms with Crippen molar-refractivity contribution >= 4 is 35.6 Å². The number of H-pyrrole nitrogens is 2. The molecule has 0 saturated heterocycles. The Morgan fingerprint density at radius 3 is 1.23 bits per heavy atom. The Balaban J connectivity index is 2.35. The number of thioether (sulfide) groups is 1. The zero-order valence-electron chi connectivity index (χ0n) is 20.9. The molecule has 0 aliphatic carbocycles. The number of aromatic amines is 2. The van der Waals surface area contributed by atoms with Crippen molar-refractivity contribution in [1.82, 2.24) is 9.97 Å². The summed E-state index contributed by atoms with van der Waals surface area (Å²) >= 11 is 1.37. The molecule has 0 fully saturated rings. The van der Waals surface area contributed by atoms with E-state index in [0.717, 1.165) is 0 Å². The predicted octanol–water partition coefficient (Wildman–Crippen LogP) is 4.10. The highest BCUT2D eigenvalue weighted by Gasteiger charge is 2.27. The van der Waals surface area contributed by atoms with Crippen LogP contribution in [0, 0.1) is 13.8 Å². The molecule has 0 aromatic carbocycles. The van der Waals surface area contributed by atoms with Crippen LogP contribution in [-0.4, -0.2) is 60.3 Å². The topological polar surface area (TPSA) is 137 Å². The van der Waals surface area contributed by atoms with Gasteiger partial charge in [0, 0.05) is 22.9 Å². The van der Waals surface area contributed by atoms with Gasteiger partial charge in [-0.05, 0) is 52.7 Å². The Labute approximate surface area is 208 Å². The number of nitrogens with one attached hydrogen (secondary N) is 2. The van der Waals surface area contributed by atoms with Gasteiger partial charge in [0.2, 0.25) is 0 Å². The van der Waals surface area contributed by atoms with Crippen molar-refractivity contribution in [3.8, 4) is 0 Å². The Hall–Kier alpha value is -3.21. The lowest BCUT2D eigenvalue weighted by atomic mass is 10.1. The lowest BCUT2D eigenvalue weighted by Gasteiger charge is -2.07. The van der Waals surface area contributed by atoms with Crippen molar-refractivity contribution in [3.05, 3.63) is 45.0 Å². The number of hydrogen-bond donors (Lipinski definition) is 2. The maximum atomic E-state index is 12.6. The van der Waals surface area contributed by atoms with Gasteiger partial charge in [-0.25, -0.2) is 19.2 Å². The van der Waals surface area contributed by atoms with Crippen molar-refractivity contribution in [2.75, 3.05) is 26.4 Å². The first kappa shape index (κ1) is 28.0. The smallest absolute Gasteiger partial charge is 0.355 e. The fourth-order valence-electron chi connectivity index (χ4n) is 3.56. The summed E-state index contributed by atoms with van der Waals surface area (Å²) in [5, 5.41) is 0. The third-order valence-electron chi connectivity index (χ3n) is 5.07. The van der Waals surface area contributed by atoms with E-state index in [9.17, 15) is 19.2 Å². The number of rotatable bonds is 12. The summed E-state index contributed by atoms with van der Waals surface area (Å²) in [7, 11) is 0. The Bertz CT molecular complexity index is 1000. The zero-order valence-corrected chi connectivity index (χ0v) is 21.7. The van der Waals surface area contributed by atoms with E-state index in [2.05, 4.69) is 9.97 Å². The quantitative estimate of drug-likeness (QED) is 0.321. The van der Waals surface area contributed by atoms with Crippen molar-refractivity contribution in [3.63, 3.8) is 0 Å². The van der Waals surface area contributed by atoms with Crippen LogP contribution in [0.1, 0.15) is 91.9 Å². The van der Waals surface area contributed by atoms with Crippen LogP contribution in [0.4, 0.5) is 0 Å². The summed E-state index contributed by atoms with van der Waals surface area (Å²) in [6.07, 6.45) is 0. The number of ether oxygens (including phenoxy) is 4. The van der Waals surface area contributed by atoms with Gasteiger partial charge in [-0.2, -0.15) is 0 Å². The van der Waals surface area contributed by atoms with Crippen LogP contribution in [-0.2, 0) is 30.5 Å². The molecular weight excluding hydrogens is 476 g/mol. The number of esters is 4. The number of hydrogen-bond acceptors (Lipinski definition) is 9. The molecule has 192 valence electrons. The fourth-order valence-corrected chi connectivity index (χ4v) is 4.51. The van der Waals surface area contributed by atoms with E-state index in [1.165, 1.54) is 11.8 Å². The molecule has 11 heteroatoms. The minimum Gasteiger partial charge on any atom is -0.462 e. The maximum Gasteiger partial charge on any atom is 0.355 e. The second kappa shape index (κ2) is 13.0. The minimum absolute atomic E-state index is 0.187. The van der Waals surface area contributed by atoms with Crippen LogP contribution in [0.2, 0.25) is 0 Å². The molecule has 0 bridgehead atoms. The van der Waals surface area contributed by atoms with Crippen LogP contribution < -0.4 is 0 Å². The lowest BCUT2D eigenvalue weighted by molar-refractivity contribution is 0.0505. The average molecular weight is 509 g/mol. The summed E-state index contributed by atoms with van der Waals surface area (Å²) in [5.74, 6) is -1.61. The third-order valence-corrected chi connectivity index (χ3v) is 6.05. The molecule has 2 heterocycles. The molecule has 0 aliphatic heterocycles. The molecule has 0 amide bonds. The molecule has 0 spiro atoms. The van der Waals surface area contributed by atoms with Gasteiger partial charge in [-0.3, -0.25) is 0 Å². The number of carbonyl (C=O) groups is 4. The van der Waals surface area contributed by atoms with E-state index < -0.39 is 23.9 Å². The third kappa shape index (κ3) is 6.47. The van der Waals surface area contributed by atoms with Gasteiger partial charge in [0.05, 0.1) is 37.6 Å². The summed E-state index contributed by atoms with van der Waals surface area (Å²) in [5.41, 5.74) is 2.85. The highest BCUT2D eigenvalue weighted by molar-refractivity contribution is 7.97. The molecule has 35 heavy (non-hydrogen) atoms. The first-order chi connectivity index (χ1) is 16.7. The molecule has 2 aromatic rings. The summed E-state index contributed by atoms with van der Waals surface area (Å²) < 4.78 is 20.5. The minimum atomic E-state index is -0.560. The van der Waals surface area contributed by atoms with Crippen LogP contribution in [0.3, 0.4) is 0 Å². The van der Waals surface area contributed by atoms with Gasteiger partial charge < -0.3 is 28.9 Å². The van der Waals surface area contributed by atoms with Crippen molar-refractivity contribution in [2.45, 2.75) is 53.0 Å². The molecule has 2 N–H and O–H groups in total. The molecule has 0 saturated carbocycles. The van der Waals surface area contributed by atoms with Crippen LogP contribution >= 0.6 is 11.8 Å². The van der Waals surface area contributed by atoms with E-state index in [4.69, 9.17) is 18.9 Å². The SMILES string of the molecule is CCOC(=O)c1[nH]c(CSCc2[nH]c(C(=O)OCC)c(C)c2C(=O)OCC)c(C(=O)OCC)c1C. The van der Waals surface area contributed by atoms with Gasteiger partial charge in [0.15, 0.2) is 0 Å². The summed E-state index contributed by atoms with van der Waals surface area (Å²) in [4.78, 5) is 55.8. The summed E-state index contributed by atoms with van der Waals surface area (Å²) in [6.45, 7) is 10.9. The van der Waals surface area contributed by atoms with Gasteiger partial charge in [-0.15, -0.1) is 11.8 Å². The zero-order chi connectivity index (χ0) is 26.1. The molecular formula is C24H32N2O8S. The molecule has 0 radical (unpaired) electrons. The standard InChI is InChI=1S/C24H32N2O8S/c1-7-31-21(27)17-13(5)19(23(29)33-9-3)25-15(17)11-35-12-16-18(22(28)32-8-2)14(6)20(26-16)24(30)34-10-4/h25-26H,7-12H2,1-6H3. The highest BCUT2D eigenvalue weighted by Crippen LogP contribution is 2.29. The van der Waals surface area contributed by atoms with Gasteiger partial charge >= 0.3 is 23.9 Å². The van der Waals surface area contributed by atoms with Crippen molar-refractivity contribution < 1.29 is 38.1 Å². The van der Waals surface area contributed by atoms with Crippen molar-refractivity contribution in [1.29, 1.82) is 0 Å². The normalized spacial score (nSPS) is 10.7. The maximum absolute atomic E-state index is 12.6. The van der Waals surface area contributed by atoms with Crippen LogP contribution in [0.15, 0.2) is 0 Å². The fraction of sp³-hybridized carbons (Fsp3) is 0.500. The largest absolute Gasteiger partial charge is 0.462 e. The van der Waals surface area contributed by atoms with Gasteiger partial charge in [0.1, 0.15) is 11.4 Å². The van der Waals surface area contributed by atoms with E-state index in [1.807, 2.05) is 0 Å². The molecule has 0 atom stereocenters. The molecule has 2 rings (SSSR count). The predicted molar refractivity (Wildman–Crippen MR) is 130 cm³/mol. The van der Waals surface area contributed by atoms with Crippen molar-refractivity contribution in [2.24, 2.45) is 0 Å². The second-order valence-electron chi connectivity index (χ2n) is 7.33. The molecule has 2 aromatic heterocycles. The Morgan fingerprint density at radius 1 is 0.600 bits per heavy atom. The second-order valence-corrected chi connectivity index (χ2v) is 8.32. The first-order valence-corrected chi connectivity index (χ1v) is 12.6. The van der Waals surface area contributed by atoms with E-state index in [0.29, 0.717) is 34.0 Å². The molecule has 10 nitrogen and oxygen atoms in total. The first-order valence-electron chi connectivity index (χ1n) is 11.4. The van der Waals surface area contributed by atoms with Gasteiger partial charge in [0.25, 0.3) is 0 Å². The monoisotopic (exact) mass is 508 g/mol. The number of aromatic nitrogens is 2. The van der Waals surface area contributed by atoms with Gasteiger partial charge in [-0.1, -0.05) is 0 Å². The lowest BCUT2D eigenvalue weighted by Crippen LogP contribution is -2.09. The van der Waals surface area contributed by atoms with E-state index >= 15 is 0 Å². The average Bonchev–Trinajstić information content (AvgIpc) is 3.31. The Kier molecular flexibility index (Phi) is 10.4. The van der Waals surface area contributed by atoms with Crippen LogP contribution in [0.25, 0.3) is 0 Å². The molecule has 0 unspecified atom stereocenters.